The standard InChI is InChI=1S/C49H33NO/c1-4-17-33(18-5-1)38-25-12-14-27-43(38)50(44-28-16-30-46-48(44)39-26-13-15-29-45(39)51-46)49-42-31-36-23-10-11-24-37(36)41(42)32-40(34-19-6-2-7-20-34)47(49)35-21-8-3-9-22-35/h1-30,32H,31H2. The molecule has 0 fully saturated rings. The van der Waals surface area contributed by atoms with Gasteiger partial charge in [-0.1, -0.05) is 158 Å². The van der Waals surface area contributed by atoms with Crippen LogP contribution in [0.2, 0.25) is 0 Å². The third kappa shape index (κ3) is 4.80. The minimum atomic E-state index is 0.835. The van der Waals surface area contributed by atoms with Gasteiger partial charge in [0.2, 0.25) is 0 Å². The lowest BCUT2D eigenvalue weighted by atomic mass is 9.86. The summed E-state index contributed by atoms with van der Waals surface area (Å²) in [6, 6.07) is 67.7. The molecular weight excluding hydrogens is 619 g/mol. The Labute approximate surface area is 297 Å². The van der Waals surface area contributed by atoms with Crippen molar-refractivity contribution in [3.8, 4) is 44.5 Å². The Kier molecular flexibility index (Phi) is 6.92. The minimum Gasteiger partial charge on any atom is -0.456 e. The number of rotatable bonds is 6. The normalized spacial score (nSPS) is 11.8. The quantitative estimate of drug-likeness (QED) is 0.178. The predicted octanol–water partition coefficient (Wildman–Crippen LogP) is 13.6. The molecule has 0 N–H and O–H groups in total. The number of anilines is 3. The van der Waals surface area contributed by atoms with Gasteiger partial charge in [0.25, 0.3) is 0 Å². The topological polar surface area (TPSA) is 16.4 Å². The van der Waals surface area contributed by atoms with Crippen molar-refractivity contribution < 1.29 is 4.42 Å². The van der Waals surface area contributed by atoms with Crippen LogP contribution in [0, 0.1) is 0 Å². The van der Waals surface area contributed by atoms with Gasteiger partial charge in [-0.25, -0.2) is 0 Å². The molecule has 0 atom stereocenters. The Morgan fingerprint density at radius 1 is 0.412 bits per heavy atom. The lowest BCUT2D eigenvalue weighted by Gasteiger charge is -2.33. The van der Waals surface area contributed by atoms with Crippen molar-refractivity contribution in [3.63, 3.8) is 0 Å². The maximum Gasteiger partial charge on any atom is 0.137 e. The van der Waals surface area contributed by atoms with Gasteiger partial charge in [0.15, 0.2) is 0 Å². The van der Waals surface area contributed by atoms with Crippen LogP contribution in [0.3, 0.4) is 0 Å². The first-order valence-corrected chi connectivity index (χ1v) is 17.6. The van der Waals surface area contributed by atoms with Crippen molar-refractivity contribution in [3.05, 3.63) is 199 Å². The molecule has 0 amide bonds. The molecule has 9 aromatic rings. The number of benzene rings is 8. The molecule has 0 saturated carbocycles. The Morgan fingerprint density at radius 2 is 0.980 bits per heavy atom. The van der Waals surface area contributed by atoms with Crippen LogP contribution < -0.4 is 4.90 Å². The molecule has 0 unspecified atom stereocenters. The SMILES string of the molecule is c1ccc(-c2ccccc2N(c2c3c(cc(-c4ccccc4)c2-c2ccccc2)-c2ccccc2C3)c2cccc3oc4ccccc4c23)cc1. The van der Waals surface area contributed by atoms with E-state index in [1.54, 1.807) is 0 Å². The monoisotopic (exact) mass is 651 g/mol. The molecule has 2 heteroatoms. The first-order chi connectivity index (χ1) is 25.3. The van der Waals surface area contributed by atoms with Gasteiger partial charge < -0.3 is 9.32 Å². The number of nitrogens with zero attached hydrogens (tertiary/aromatic N) is 1. The first kappa shape index (κ1) is 29.3. The van der Waals surface area contributed by atoms with Gasteiger partial charge in [0, 0.05) is 22.9 Å². The molecule has 1 aromatic heterocycles. The molecule has 0 saturated heterocycles. The van der Waals surface area contributed by atoms with Crippen molar-refractivity contribution in [2.24, 2.45) is 0 Å². The summed E-state index contributed by atoms with van der Waals surface area (Å²) >= 11 is 0. The largest absolute Gasteiger partial charge is 0.456 e. The lowest BCUT2D eigenvalue weighted by molar-refractivity contribution is 0.669. The highest BCUT2D eigenvalue weighted by atomic mass is 16.3. The highest BCUT2D eigenvalue weighted by molar-refractivity contribution is 6.15. The molecule has 1 aliphatic carbocycles. The third-order valence-electron chi connectivity index (χ3n) is 10.3. The van der Waals surface area contributed by atoms with E-state index < -0.39 is 0 Å². The fourth-order valence-corrected chi connectivity index (χ4v) is 8.09. The number of fused-ring (bicyclic) bond motifs is 6. The zero-order valence-corrected chi connectivity index (χ0v) is 28.0. The van der Waals surface area contributed by atoms with Crippen LogP contribution in [0.1, 0.15) is 11.1 Å². The van der Waals surface area contributed by atoms with Crippen molar-refractivity contribution in [2.75, 3.05) is 4.90 Å². The molecule has 0 bridgehead atoms. The van der Waals surface area contributed by atoms with Crippen LogP contribution in [0.15, 0.2) is 192 Å². The summed E-state index contributed by atoms with van der Waals surface area (Å²) in [5.74, 6) is 0. The average molecular weight is 652 g/mol. The van der Waals surface area contributed by atoms with E-state index in [9.17, 15) is 0 Å². The molecule has 10 rings (SSSR count). The van der Waals surface area contributed by atoms with Crippen LogP contribution in [0.25, 0.3) is 66.4 Å². The molecular formula is C49H33NO. The van der Waals surface area contributed by atoms with E-state index in [0.29, 0.717) is 0 Å². The lowest BCUT2D eigenvalue weighted by Crippen LogP contribution is -2.15. The van der Waals surface area contributed by atoms with Crippen LogP contribution >= 0.6 is 0 Å². The number of furan rings is 1. The molecule has 0 radical (unpaired) electrons. The van der Waals surface area contributed by atoms with E-state index in [1.165, 1.54) is 55.8 Å². The van der Waals surface area contributed by atoms with Crippen LogP contribution in [0.5, 0.6) is 0 Å². The molecule has 0 aliphatic heterocycles. The molecule has 0 spiro atoms. The predicted molar refractivity (Wildman–Crippen MR) is 213 cm³/mol. The fraction of sp³-hybridized carbons (Fsp3) is 0.0204. The van der Waals surface area contributed by atoms with Crippen molar-refractivity contribution >= 4 is 39.0 Å². The molecule has 51 heavy (non-hydrogen) atoms. The number of hydrogen-bond donors (Lipinski definition) is 0. The number of para-hydroxylation sites is 2. The second kappa shape index (κ2) is 12.0. The van der Waals surface area contributed by atoms with Gasteiger partial charge in [-0.2, -0.15) is 0 Å². The summed E-state index contributed by atoms with van der Waals surface area (Å²) in [5.41, 5.74) is 17.5. The summed E-state index contributed by atoms with van der Waals surface area (Å²) in [5, 5.41) is 2.20. The summed E-state index contributed by atoms with van der Waals surface area (Å²) in [6.07, 6.45) is 0.835. The van der Waals surface area contributed by atoms with E-state index in [2.05, 4.69) is 187 Å². The van der Waals surface area contributed by atoms with Crippen LogP contribution in [0.4, 0.5) is 17.1 Å². The van der Waals surface area contributed by atoms with Crippen LogP contribution in [-0.4, -0.2) is 0 Å². The molecule has 2 nitrogen and oxygen atoms in total. The summed E-state index contributed by atoms with van der Waals surface area (Å²) < 4.78 is 6.55. The Bertz CT molecular complexity index is 2710. The second-order valence-electron chi connectivity index (χ2n) is 13.2. The third-order valence-corrected chi connectivity index (χ3v) is 10.3. The van der Waals surface area contributed by atoms with Gasteiger partial charge in [0.05, 0.1) is 22.4 Å². The molecule has 240 valence electrons. The van der Waals surface area contributed by atoms with Gasteiger partial charge in [-0.05, 0) is 74.8 Å². The maximum atomic E-state index is 6.55. The van der Waals surface area contributed by atoms with Gasteiger partial charge in [0.1, 0.15) is 11.2 Å². The van der Waals surface area contributed by atoms with Gasteiger partial charge in [-0.15, -0.1) is 0 Å². The summed E-state index contributed by atoms with van der Waals surface area (Å²) in [4.78, 5) is 2.55. The van der Waals surface area contributed by atoms with Crippen LogP contribution in [-0.2, 0) is 6.42 Å². The number of hydrogen-bond acceptors (Lipinski definition) is 2. The minimum absolute atomic E-state index is 0.835. The van der Waals surface area contributed by atoms with E-state index in [4.69, 9.17) is 4.42 Å². The molecule has 1 aliphatic rings. The van der Waals surface area contributed by atoms with Crippen molar-refractivity contribution in [2.45, 2.75) is 6.42 Å². The Morgan fingerprint density at radius 3 is 1.75 bits per heavy atom. The van der Waals surface area contributed by atoms with E-state index in [0.717, 1.165) is 45.3 Å². The molecule has 1 heterocycles. The average Bonchev–Trinajstić information content (AvgIpc) is 3.78. The second-order valence-corrected chi connectivity index (χ2v) is 13.2. The van der Waals surface area contributed by atoms with Crippen molar-refractivity contribution in [1.29, 1.82) is 0 Å². The summed E-state index contributed by atoms with van der Waals surface area (Å²) in [7, 11) is 0. The zero-order valence-electron chi connectivity index (χ0n) is 28.0. The van der Waals surface area contributed by atoms with E-state index >= 15 is 0 Å². The van der Waals surface area contributed by atoms with E-state index in [1.807, 2.05) is 6.07 Å². The summed E-state index contributed by atoms with van der Waals surface area (Å²) in [6.45, 7) is 0. The molecule has 8 aromatic carbocycles. The Hall–Kier alpha value is -6.64. The fourth-order valence-electron chi connectivity index (χ4n) is 8.09. The highest BCUT2D eigenvalue weighted by Crippen LogP contribution is 2.56. The smallest absolute Gasteiger partial charge is 0.137 e. The maximum absolute atomic E-state index is 6.55. The van der Waals surface area contributed by atoms with Gasteiger partial charge >= 0.3 is 0 Å². The Balaban J connectivity index is 1.41. The van der Waals surface area contributed by atoms with Crippen molar-refractivity contribution in [1.82, 2.24) is 0 Å². The zero-order chi connectivity index (χ0) is 33.7. The first-order valence-electron chi connectivity index (χ1n) is 17.6. The van der Waals surface area contributed by atoms with E-state index in [-0.39, 0.29) is 0 Å². The highest BCUT2D eigenvalue weighted by Gasteiger charge is 2.32. The van der Waals surface area contributed by atoms with Gasteiger partial charge in [-0.3, -0.25) is 0 Å².